The van der Waals surface area contributed by atoms with Crippen LogP contribution in [-0.4, -0.2) is 38.4 Å². The zero-order valence-electron chi connectivity index (χ0n) is 17.0. The Bertz CT molecular complexity index is 1220. The summed E-state index contributed by atoms with van der Waals surface area (Å²) in [6, 6.07) is 16.1. The van der Waals surface area contributed by atoms with Crippen molar-refractivity contribution in [3.8, 4) is 5.75 Å². The molecular formula is C22H23N3O4S. The van der Waals surface area contributed by atoms with Gasteiger partial charge in [0.15, 0.2) is 0 Å². The van der Waals surface area contributed by atoms with Gasteiger partial charge in [-0.1, -0.05) is 36.4 Å². The number of anilines is 1. The van der Waals surface area contributed by atoms with Gasteiger partial charge in [0.1, 0.15) is 12.3 Å². The van der Waals surface area contributed by atoms with E-state index in [1.165, 1.54) is 6.21 Å². The van der Waals surface area contributed by atoms with Gasteiger partial charge in [-0.25, -0.2) is 13.8 Å². The zero-order chi connectivity index (χ0) is 21.9. The van der Waals surface area contributed by atoms with Gasteiger partial charge in [0, 0.05) is 5.56 Å². The van der Waals surface area contributed by atoms with Crippen molar-refractivity contribution in [2.75, 3.05) is 17.1 Å². The molecule has 0 atom stereocenters. The van der Waals surface area contributed by atoms with Crippen molar-refractivity contribution in [3.63, 3.8) is 0 Å². The van der Waals surface area contributed by atoms with Crippen LogP contribution in [0.15, 0.2) is 59.7 Å². The number of fused-ring (bicyclic) bond motifs is 1. The Balaban J connectivity index is 1.79. The van der Waals surface area contributed by atoms with Gasteiger partial charge in [-0.15, -0.1) is 0 Å². The fourth-order valence-electron chi connectivity index (χ4n) is 3.25. The topological polar surface area (TPSA) is 99.1 Å². The summed E-state index contributed by atoms with van der Waals surface area (Å²) in [6.07, 6.45) is 2.40. The number of aromatic hydroxyl groups is 1. The van der Waals surface area contributed by atoms with Crippen molar-refractivity contribution >= 4 is 38.6 Å². The van der Waals surface area contributed by atoms with Gasteiger partial charge in [0.05, 0.1) is 18.2 Å². The van der Waals surface area contributed by atoms with E-state index in [4.69, 9.17) is 0 Å². The van der Waals surface area contributed by atoms with E-state index in [9.17, 15) is 18.3 Å². The van der Waals surface area contributed by atoms with Crippen LogP contribution in [0.2, 0.25) is 0 Å². The number of aryl methyl sites for hydroxylation is 2. The molecule has 0 heterocycles. The average Bonchev–Trinajstić information content (AvgIpc) is 2.66. The monoisotopic (exact) mass is 425 g/mol. The van der Waals surface area contributed by atoms with Crippen LogP contribution in [0.1, 0.15) is 16.7 Å². The summed E-state index contributed by atoms with van der Waals surface area (Å²) in [4.78, 5) is 12.4. The molecule has 1 amide bonds. The molecule has 8 heteroatoms. The largest absolute Gasteiger partial charge is 0.507 e. The number of amides is 1. The van der Waals surface area contributed by atoms with Crippen molar-refractivity contribution in [3.05, 3.63) is 71.3 Å². The van der Waals surface area contributed by atoms with E-state index < -0.39 is 22.5 Å². The Morgan fingerprint density at radius 3 is 2.43 bits per heavy atom. The van der Waals surface area contributed by atoms with Gasteiger partial charge in [-0.2, -0.15) is 5.10 Å². The van der Waals surface area contributed by atoms with Gasteiger partial charge in [0.2, 0.25) is 10.0 Å². The van der Waals surface area contributed by atoms with Crippen LogP contribution in [0.3, 0.4) is 0 Å². The molecule has 0 unspecified atom stereocenters. The lowest BCUT2D eigenvalue weighted by molar-refractivity contribution is -0.119. The molecule has 0 bridgehead atoms. The molecule has 0 aliphatic carbocycles. The van der Waals surface area contributed by atoms with Crippen LogP contribution >= 0.6 is 0 Å². The summed E-state index contributed by atoms with van der Waals surface area (Å²) in [5.74, 6) is -0.574. The Labute approximate surface area is 175 Å². The number of phenolic OH excluding ortho intramolecular Hbond substituents is 1. The number of sulfonamides is 1. The maximum atomic E-state index is 12.4. The summed E-state index contributed by atoms with van der Waals surface area (Å²) in [5.41, 5.74) is 5.00. The molecule has 0 aromatic heterocycles. The third kappa shape index (κ3) is 4.96. The fourth-order valence-corrected chi connectivity index (χ4v) is 4.09. The molecule has 3 rings (SSSR count). The van der Waals surface area contributed by atoms with E-state index >= 15 is 0 Å². The van der Waals surface area contributed by atoms with Gasteiger partial charge < -0.3 is 5.11 Å². The number of carbonyl (C=O) groups is 1. The minimum atomic E-state index is -3.68. The Morgan fingerprint density at radius 2 is 1.77 bits per heavy atom. The number of hydrogen-bond acceptors (Lipinski definition) is 5. The molecule has 3 aromatic carbocycles. The van der Waals surface area contributed by atoms with Crippen LogP contribution < -0.4 is 9.73 Å². The molecule has 7 nitrogen and oxygen atoms in total. The first-order chi connectivity index (χ1) is 14.1. The second kappa shape index (κ2) is 8.54. The highest BCUT2D eigenvalue weighted by atomic mass is 32.2. The predicted octanol–water partition coefficient (Wildman–Crippen LogP) is 3.08. The summed E-state index contributed by atoms with van der Waals surface area (Å²) < 4.78 is 25.5. The molecule has 3 aromatic rings. The molecule has 0 fully saturated rings. The molecular weight excluding hydrogens is 402 g/mol. The number of nitrogens with zero attached hydrogens (tertiary/aromatic N) is 2. The molecule has 156 valence electrons. The quantitative estimate of drug-likeness (QED) is 0.468. The van der Waals surface area contributed by atoms with Crippen LogP contribution in [0, 0.1) is 13.8 Å². The van der Waals surface area contributed by atoms with Crippen molar-refractivity contribution in [1.82, 2.24) is 5.43 Å². The minimum absolute atomic E-state index is 0.0275. The number of benzene rings is 3. The number of hydrazone groups is 1. The smallest absolute Gasteiger partial charge is 0.260 e. The Hall–Kier alpha value is -3.39. The number of phenols is 1. The first-order valence-electron chi connectivity index (χ1n) is 9.24. The van der Waals surface area contributed by atoms with Gasteiger partial charge in [-0.3, -0.25) is 9.10 Å². The van der Waals surface area contributed by atoms with E-state index in [0.717, 1.165) is 32.5 Å². The van der Waals surface area contributed by atoms with Crippen LogP contribution in [0.25, 0.3) is 10.8 Å². The molecule has 0 spiro atoms. The lowest BCUT2D eigenvalue weighted by atomic mass is 10.0. The van der Waals surface area contributed by atoms with Crippen molar-refractivity contribution in [1.29, 1.82) is 0 Å². The second-order valence-corrected chi connectivity index (χ2v) is 9.04. The predicted molar refractivity (Wildman–Crippen MR) is 119 cm³/mol. The minimum Gasteiger partial charge on any atom is -0.507 e. The normalized spacial score (nSPS) is 11.7. The van der Waals surface area contributed by atoms with Crippen molar-refractivity contribution in [2.45, 2.75) is 13.8 Å². The Morgan fingerprint density at radius 1 is 1.10 bits per heavy atom. The first-order valence-corrected chi connectivity index (χ1v) is 11.1. The summed E-state index contributed by atoms with van der Waals surface area (Å²) in [5, 5.41) is 15.7. The molecule has 30 heavy (non-hydrogen) atoms. The van der Waals surface area contributed by atoms with Crippen molar-refractivity contribution < 1.29 is 18.3 Å². The maximum Gasteiger partial charge on any atom is 0.260 e. The van der Waals surface area contributed by atoms with Gasteiger partial charge in [0.25, 0.3) is 5.91 Å². The highest BCUT2D eigenvalue weighted by molar-refractivity contribution is 7.92. The molecule has 2 N–H and O–H groups in total. The van der Waals surface area contributed by atoms with Crippen LogP contribution in [0.4, 0.5) is 5.69 Å². The van der Waals surface area contributed by atoms with E-state index in [2.05, 4.69) is 10.5 Å². The molecule has 0 aliphatic heterocycles. The molecule has 0 radical (unpaired) electrons. The highest BCUT2D eigenvalue weighted by Crippen LogP contribution is 2.25. The number of hydrogen-bond donors (Lipinski definition) is 2. The number of nitrogens with one attached hydrogen (secondary N) is 1. The van der Waals surface area contributed by atoms with E-state index in [1.54, 1.807) is 24.3 Å². The summed E-state index contributed by atoms with van der Waals surface area (Å²) >= 11 is 0. The van der Waals surface area contributed by atoms with Crippen molar-refractivity contribution in [2.24, 2.45) is 5.10 Å². The lowest BCUT2D eigenvalue weighted by Gasteiger charge is -2.22. The first kappa shape index (κ1) is 21.3. The van der Waals surface area contributed by atoms with Crippen LogP contribution in [-0.2, 0) is 14.8 Å². The number of rotatable bonds is 6. The van der Waals surface area contributed by atoms with Gasteiger partial charge >= 0.3 is 0 Å². The summed E-state index contributed by atoms with van der Waals surface area (Å²) in [6.45, 7) is 3.30. The molecule has 0 saturated carbocycles. The standard InChI is InChI=1S/C22H23N3O4S/c1-15-10-16(2)12-18(11-15)25(30(3,28)29)14-22(27)24-23-13-20-19-7-5-4-6-17(19)8-9-21(20)26/h4-13,26H,14H2,1-3H3,(H,24,27)/b23-13-. The fraction of sp³-hybridized carbons (Fsp3) is 0.182. The third-order valence-electron chi connectivity index (χ3n) is 4.51. The third-order valence-corrected chi connectivity index (χ3v) is 5.65. The second-order valence-electron chi connectivity index (χ2n) is 7.13. The number of carbonyl (C=O) groups excluding carboxylic acids is 1. The Kier molecular flexibility index (Phi) is 6.07. The highest BCUT2D eigenvalue weighted by Gasteiger charge is 2.21. The lowest BCUT2D eigenvalue weighted by Crippen LogP contribution is -2.39. The van der Waals surface area contributed by atoms with Crippen LogP contribution in [0.5, 0.6) is 5.75 Å². The SMILES string of the molecule is Cc1cc(C)cc(N(CC(=O)N/N=C\c2c(O)ccc3ccccc23)S(C)(=O)=O)c1. The van der Waals surface area contributed by atoms with Gasteiger partial charge in [-0.05, 0) is 53.9 Å². The molecule has 0 saturated heterocycles. The maximum absolute atomic E-state index is 12.4. The van der Waals surface area contributed by atoms with E-state index in [-0.39, 0.29) is 5.75 Å². The average molecular weight is 426 g/mol. The van der Waals surface area contributed by atoms with E-state index in [0.29, 0.717) is 11.3 Å². The zero-order valence-corrected chi connectivity index (χ0v) is 17.8. The molecule has 0 aliphatic rings. The van der Waals surface area contributed by atoms with E-state index in [1.807, 2.05) is 44.2 Å². The summed E-state index contributed by atoms with van der Waals surface area (Å²) in [7, 11) is -3.68.